The Kier molecular flexibility index (Phi) is 5.82. The zero-order valence-corrected chi connectivity index (χ0v) is 14.9. The maximum atomic E-state index is 13.0. The van der Waals surface area contributed by atoms with E-state index in [-0.39, 0.29) is 5.97 Å². The van der Waals surface area contributed by atoms with E-state index in [9.17, 15) is 4.79 Å². The first kappa shape index (κ1) is 17.9. The van der Waals surface area contributed by atoms with Gasteiger partial charge < -0.3 is 4.74 Å². The van der Waals surface area contributed by atoms with Crippen LogP contribution in [0.5, 0.6) is 0 Å². The number of methoxy groups -OCH3 is 1. The quantitative estimate of drug-likeness (QED) is 0.656. The second-order valence-electron chi connectivity index (χ2n) is 6.26. The van der Waals surface area contributed by atoms with Gasteiger partial charge in [0.2, 0.25) is 0 Å². The first-order valence-electron chi connectivity index (χ1n) is 8.71. The zero-order valence-electron chi connectivity index (χ0n) is 14.9. The molecule has 1 unspecified atom stereocenters. The van der Waals surface area contributed by atoms with Crippen LogP contribution in [0.3, 0.4) is 0 Å². The number of carbonyl (C=O) groups is 1. The SMILES string of the molecule is COC(=O)C(Cc1ccccc1)(NCc1ccccc1)c1ccccc1. The van der Waals surface area contributed by atoms with Crippen molar-refractivity contribution in [2.24, 2.45) is 0 Å². The van der Waals surface area contributed by atoms with Crippen LogP contribution in [0.15, 0.2) is 91.0 Å². The lowest BCUT2D eigenvalue weighted by atomic mass is 9.83. The summed E-state index contributed by atoms with van der Waals surface area (Å²) in [5.41, 5.74) is 2.13. The van der Waals surface area contributed by atoms with E-state index in [2.05, 4.69) is 5.32 Å². The Morgan fingerprint density at radius 3 is 1.85 bits per heavy atom. The molecule has 0 spiro atoms. The molecule has 0 aliphatic rings. The van der Waals surface area contributed by atoms with Gasteiger partial charge in [0, 0.05) is 13.0 Å². The lowest BCUT2D eigenvalue weighted by Gasteiger charge is -2.33. The highest BCUT2D eigenvalue weighted by atomic mass is 16.5. The van der Waals surface area contributed by atoms with Crippen LogP contribution < -0.4 is 5.32 Å². The van der Waals surface area contributed by atoms with E-state index in [1.54, 1.807) is 0 Å². The lowest BCUT2D eigenvalue weighted by molar-refractivity contribution is -0.149. The zero-order chi connectivity index (χ0) is 18.2. The molecule has 0 saturated carbocycles. The summed E-state index contributed by atoms with van der Waals surface area (Å²) in [6, 6.07) is 29.9. The minimum absolute atomic E-state index is 0.288. The third-order valence-electron chi connectivity index (χ3n) is 4.55. The minimum atomic E-state index is -0.951. The molecule has 26 heavy (non-hydrogen) atoms. The summed E-state index contributed by atoms with van der Waals surface area (Å²) in [4.78, 5) is 13.0. The molecule has 0 aliphatic heterocycles. The van der Waals surface area contributed by atoms with Crippen LogP contribution in [0, 0.1) is 0 Å². The third kappa shape index (κ3) is 4.01. The lowest BCUT2D eigenvalue weighted by Crippen LogP contribution is -2.51. The number of carbonyl (C=O) groups excluding carboxylic acids is 1. The van der Waals surface area contributed by atoms with Gasteiger partial charge in [-0.3, -0.25) is 5.32 Å². The molecule has 0 amide bonds. The van der Waals surface area contributed by atoms with Gasteiger partial charge in [-0.1, -0.05) is 91.0 Å². The average molecular weight is 345 g/mol. The van der Waals surface area contributed by atoms with Crippen molar-refractivity contribution in [3.05, 3.63) is 108 Å². The average Bonchev–Trinajstić information content (AvgIpc) is 2.72. The maximum Gasteiger partial charge on any atom is 0.331 e. The molecule has 3 rings (SSSR count). The molecule has 3 heteroatoms. The van der Waals surface area contributed by atoms with Gasteiger partial charge in [0.15, 0.2) is 0 Å². The van der Waals surface area contributed by atoms with Gasteiger partial charge in [0.05, 0.1) is 7.11 Å². The Morgan fingerprint density at radius 1 is 0.808 bits per heavy atom. The molecule has 0 radical (unpaired) electrons. The van der Waals surface area contributed by atoms with Crippen molar-refractivity contribution < 1.29 is 9.53 Å². The number of ether oxygens (including phenoxy) is 1. The summed E-state index contributed by atoms with van der Waals surface area (Å²) in [7, 11) is 1.44. The van der Waals surface area contributed by atoms with Crippen molar-refractivity contribution in [2.75, 3.05) is 7.11 Å². The van der Waals surface area contributed by atoms with Gasteiger partial charge in [0.25, 0.3) is 0 Å². The Hall–Kier alpha value is -2.91. The van der Waals surface area contributed by atoms with E-state index in [0.29, 0.717) is 13.0 Å². The summed E-state index contributed by atoms with van der Waals surface area (Å²) in [5, 5.41) is 3.49. The molecule has 1 atom stereocenters. The van der Waals surface area contributed by atoms with E-state index in [0.717, 1.165) is 16.7 Å². The van der Waals surface area contributed by atoms with E-state index >= 15 is 0 Å². The van der Waals surface area contributed by atoms with Crippen LogP contribution in [0.25, 0.3) is 0 Å². The largest absolute Gasteiger partial charge is 0.467 e. The van der Waals surface area contributed by atoms with Crippen LogP contribution in [0.1, 0.15) is 16.7 Å². The normalized spacial score (nSPS) is 13.0. The molecule has 3 aromatic rings. The first-order chi connectivity index (χ1) is 12.7. The van der Waals surface area contributed by atoms with Crippen molar-refractivity contribution in [3.8, 4) is 0 Å². The Balaban J connectivity index is 2.00. The van der Waals surface area contributed by atoms with E-state index < -0.39 is 5.54 Å². The third-order valence-corrected chi connectivity index (χ3v) is 4.55. The van der Waals surface area contributed by atoms with Crippen molar-refractivity contribution >= 4 is 5.97 Å². The fraction of sp³-hybridized carbons (Fsp3) is 0.174. The number of rotatable bonds is 7. The number of esters is 1. The van der Waals surface area contributed by atoms with Gasteiger partial charge in [-0.05, 0) is 16.7 Å². The summed E-state index contributed by atoms with van der Waals surface area (Å²) in [5.74, 6) is -0.288. The monoisotopic (exact) mass is 345 g/mol. The molecule has 0 aliphatic carbocycles. The fourth-order valence-electron chi connectivity index (χ4n) is 3.18. The molecule has 0 fully saturated rings. The van der Waals surface area contributed by atoms with Gasteiger partial charge in [0.1, 0.15) is 5.54 Å². The molecule has 0 bridgehead atoms. The topological polar surface area (TPSA) is 38.3 Å². The highest BCUT2D eigenvalue weighted by Gasteiger charge is 2.41. The molecule has 132 valence electrons. The standard InChI is InChI=1S/C23H23NO2/c1-26-22(25)23(21-15-9-4-10-16-21,17-19-11-5-2-6-12-19)24-18-20-13-7-3-8-14-20/h2-16,24H,17-18H2,1H3. The van der Waals surface area contributed by atoms with Gasteiger partial charge >= 0.3 is 5.97 Å². The summed E-state index contributed by atoms with van der Waals surface area (Å²) >= 11 is 0. The number of hydrogen-bond acceptors (Lipinski definition) is 3. The molecule has 3 aromatic carbocycles. The molecular formula is C23H23NO2. The summed E-state index contributed by atoms with van der Waals surface area (Å²) in [6.07, 6.45) is 0.511. The molecule has 0 saturated heterocycles. The Labute approximate surface area is 154 Å². The highest BCUT2D eigenvalue weighted by Crippen LogP contribution is 2.28. The van der Waals surface area contributed by atoms with Crippen molar-refractivity contribution in [2.45, 2.75) is 18.5 Å². The molecule has 0 heterocycles. The van der Waals surface area contributed by atoms with Crippen LogP contribution in [0.2, 0.25) is 0 Å². The number of benzene rings is 3. The second kappa shape index (κ2) is 8.45. The Bertz CT molecular complexity index is 819. The van der Waals surface area contributed by atoms with E-state index in [4.69, 9.17) is 4.74 Å². The summed E-state index contributed by atoms with van der Waals surface area (Å²) < 4.78 is 5.23. The van der Waals surface area contributed by atoms with Crippen LogP contribution >= 0.6 is 0 Å². The number of nitrogens with one attached hydrogen (secondary N) is 1. The highest BCUT2D eigenvalue weighted by molar-refractivity contribution is 5.83. The molecule has 1 N–H and O–H groups in total. The second-order valence-corrected chi connectivity index (χ2v) is 6.26. The van der Waals surface area contributed by atoms with Crippen molar-refractivity contribution in [3.63, 3.8) is 0 Å². The van der Waals surface area contributed by atoms with Crippen LogP contribution in [0.4, 0.5) is 0 Å². The van der Waals surface area contributed by atoms with Crippen LogP contribution in [-0.2, 0) is 28.0 Å². The van der Waals surface area contributed by atoms with Gasteiger partial charge in [-0.25, -0.2) is 4.79 Å². The van der Waals surface area contributed by atoms with Crippen molar-refractivity contribution in [1.29, 1.82) is 0 Å². The van der Waals surface area contributed by atoms with Crippen molar-refractivity contribution in [1.82, 2.24) is 5.32 Å². The predicted octanol–water partition coefficient (Wildman–Crippen LogP) is 4.09. The maximum absolute atomic E-state index is 13.0. The number of hydrogen-bond donors (Lipinski definition) is 1. The predicted molar refractivity (Wildman–Crippen MR) is 104 cm³/mol. The smallest absolute Gasteiger partial charge is 0.331 e. The first-order valence-corrected chi connectivity index (χ1v) is 8.71. The minimum Gasteiger partial charge on any atom is -0.467 e. The van der Waals surface area contributed by atoms with Gasteiger partial charge in [-0.2, -0.15) is 0 Å². The van der Waals surface area contributed by atoms with Gasteiger partial charge in [-0.15, -0.1) is 0 Å². The molecule has 3 nitrogen and oxygen atoms in total. The summed E-state index contributed by atoms with van der Waals surface area (Å²) in [6.45, 7) is 0.567. The van der Waals surface area contributed by atoms with E-state index in [1.807, 2.05) is 91.0 Å². The fourth-order valence-corrected chi connectivity index (χ4v) is 3.18. The molecular weight excluding hydrogens is 322 g/mol. The molecule has 0 aromatic heterocycles. The van der Waals surface area contributed by atoms with Crippen LogP contribution in [-0.4, -0.2) is 13.1 Å². The Morgan fingerprint density at radius 2 is 1.31 bits per heavy atom. The van der Waals surface area contributed by atoms with E-state index in [1.165, 1.54) is 7.11 Å².